The van der Waals surface area contributed by atoms with E-state index in [-0.39, 0.29) is 5.91 Å². The molecule has 0 saturated heterocycles. The molecule has 15 heavy (non-hydrogen) atoms. The summed E-state index contributed by atoms with van der Waals surface area (Å²) in [7, 11) is 0. The lowest BCUT2D eigenvalue weighted by atomic mass is 10.2. The van der Waals surface area contributed by atoms with E-state index in [2.05, 4.69) is 10.5 Å². The van der Waals surface area contributed by atoms with Gasteiger partial charge in [0.2, 0.25) is 0 Å². The van der Waals surface area contributed by atoms with Crippen LogP contribution in [-0.2, 0) is 9.63 Å². The van der Waals surface area contributed by atoms with Gasteiger partial charge in [-0.2, -0.15) is 0 Å². The Kier molecular flexibility index (Phi) is 3.17. The van der Waals surface area contributed by atoms with E-state index < -0.39 is 0 Å². The molecule has 0 bridgehead atoms. The Bertz CT molecular complexity index is 325. The van der Waals surface area contributed by atoms with Gasteiger partial charge in [-0.15, -0.1) is 0 Å². The van der Waals surface area contributed by atoms with Crippen molar-refractivity contribution in [2.45, 2.75) is 31.7 Å². The molecule has 80 valence electrons. The van der Waals surface area contributed by atoms with Crippen LogP contribution in [0.3, 0.4) is 0 Å². The monoisotopic (exact) mass is 206 g/mol. The van der Waals surface area contributed by atoms with Gasteiger partial charge in [0, 0.05) is 11.6 Å². The highest BCUT2D eigenvalue weighted by Gasteiger charge is 2.18. The van der Waals surface area contributed by atoms with E-state index in [1.807, 2.05) is 0 Å². The van der Waals surface area contributed by atoms with Crippen LogP contribution in [0.4, 0.5) is 0 Å². The van der Waals surface area contributed by atoms with Gasteiger partial charge in [0.25, 0.3) is 5.91 Å². The Labute approximate surface area is 88.7 Å². The van der Waals surface area contributed by atoms with Crippen molar-refractivity contribution < 1.29 is 9.63 Å². The second kappa shape index (κ2) is 4.77. The number of rotatable bonds is 2. The minimum atomic E-state index is -0.0462. The molecule has 2 rings (SSSR count). The zero-order valence-electron chi connectivity index (χ0n) is 8.48. The fourth-order valence-corrected chi connectivity index (χ4v) is 1.83. The van der Waals surface area contributed by atoms with E-state index in [4.69, 9.17) is 4.84 Å². The van der Waals surface area contributed by atoms with Crippen LogP contribution in [-0.4, -0.2) is 18.2 Å². The van der Waals surface area contributed by atoms with Crippen molar-refractivity contribution in [3.05, 3.63) is 24.0 Å². The molecule has 4 heteroatoms. The molecule has 4 nitrogen and oxygen atoms in total. The van der Waals surface area contributed by atoms with Crippen molar-refractivity contribution in [2.24, 2.45) is 5.16 Å². The fraction of sp³-hybridized carbons (Fsp3) is 0.455. The van der Waals surface area contributed by atoms with E-state index in [0.717, 1.165) is 12.8 Å². The first-order valence-corrected chi connectivity index (χ1v) is 5.23. The summed E-state index contributed by atoms with van der Waals surface area (Å²) in [6.45, 7) is 0. The summed E-state index contributed by atoms with van der Waals surface area (Å²) in [6, 6.07) is 0.341. The van der Waals surface area contributed by atoms with E-state index >= 15 is 0 Å². The van der Waals surface area contributed by atoms with E-state index in [9.17, 15) is 4.79 Å². The van der Waals surface area contributed by atoms with Crippen molar-refractivity contribution in [2.75, 3.05) is 0 Å². The molecular formula is C11H14N2O2. The summed E-state index contributed by atoms with van der Waals surface area (Å²) in [5, 5.41) is 6.57. The number of hydrogen-bond donors (Lipinski definition) is 1. The highest BCUT2D eigenvalue weighted by atomic mass is 16.6. The van der Waals surface area contributed by atoms with Gasteiger partial charge in [0.05, 0.1) is 6.21 Å². The Balaban J connectivity index is 1.94. The number of carbonyl (C=O) groups is 1. The molecular weight excluding hydrogens is 192 g/mol. The lowest BCUT2D eigenvalue weighted by Gasteiger charge is -2.11. The van der Waals surface area contributed by atoms with Crippen LogP contribution in [0.5, 0.6) is 0 Å². The molecule has 1 heterocycles. The van der Waals surface area contributed by atoms with Crippen LogP contribution in [0.2, 0.25) is 0 Å². The van der Waals surface area contributed by atoms with Crippen LogP contribution < -0.4 is 5.32 Å². The average molecular weight is 206 g/mol. The average Bonchev–Trinajstić information content (AvgIpc) is 2.58. The zero-order chi connectivity index (χ0) is 10.5. The molecule has 0 atom stereocenters. The third-order valence-electron chi connectivity index (χ3n) is 2.64. The molecule has 0 aromatic rings. The zero-order valence-corrected chi connectivity index (χ0v) is 8.48. The highest BCUT2D eigenvalue weighted by molar-refractivity contribution is 6.00. The van der Waals surface area contributed by atoms with Crippen LogP contribution in [0, 0.1) is 0 Å². The summed E-state index contributed by atoms with van der Waals surface area (Å²) >= 11 is 0. The van der Waals surface area contributed by atoms with Gasteiger partial charge in [0.15, 0.2) is 0 Å². The van der Waals surface area contributed by atoms with E-state index in [0.29, 0.717) is 11.6 Å². The predicted octanol–water partition coefficient (Wildman–Crippen LogP) is 1.50. The second-order valence-electron chi connectivity index (χ2n) is 3.74. The standard InChI is InChI=1S/C11H14N2O2/c14-11(13-10-3-1-2-4-10)9-5-7-12-15-8-6-9/h5-8,10H,1-4H2,(H,13,14). The van der Waals surface area contributed by atoms with Gasteiger partial charge >= 0.3 is 0 Å². The highest BCUT2D eigenvalue weighted by Crippen LogP contribution is 2.18. The molecule has 1 fully saturated rings. The Hall–Kier alpha value is -1.58. The van der Waals surface area contributed by atoms with Gasteiger partial charge in [-0.1, -0.05) is 18.0 Å². The van der Waals surface area contributed by atoms with Gasteiger partial charge in [-0.05, 0) is 25.0 Å². The quantitative estimate of drug-likeness (QED) is 0.744. The first-order valence-electron chi connectivity index (χ1n) is 5.23. The molecule has 1 N–H and O–H groups in total. The van der Waals surface area contributed by atoms with Crippen LogP contribution >= 0.6 is 0 Å². The number of carbonyl (C=O) groups excluding carboxylic acids is 1. The smallest absolute Gasteiger partial charge is 0.251 e. The lowest BCUT2D eigenvalue weighted by molar-refractivity contribution is -0.117. The van der Waals surface area contributed by atoms with Crippen molar-refractivity contribution in [1.82, 2.24) is 5.32 Å². The molecule has 1 amide bonds. The van der Waals surface area contributed by atoms with Crippen molar-refractivity contribution in [3.8, 4) is 0 Å². The second-order valence-corrected chi connectivity index (χ2v) is 3.74. The normalized spacial score (nSPS) is 20.7. The SMILES string of the molecule is O=C(NC1CCCC1)C1=CC=NOC=C1. The molecule has 0 radical (unpaired) electrons. The summed E-state index contributed by atoms with van der Waals surface area (Å²) in [6.07, 6.45) is 10.8. The maximum absolute atomic E-state index is 11.8. The first-order chi connectivity index (χ1) is 7.36. The van der Waals surface area contributed by atoms with E-state index in [1.54, 1.807) is 12.2 Å². The maximum atomic E-state index is 11.8. The summed E-state index contributed by atoms with van der Waals surface area (Å²) in [5.74, 6) is -0.0462. The lowest BCUT2D eigenvalue weighted by Crippen LogP contribution is -2.33. The van der Waals surface area contributed by atoms with Crippen molar-refractivity contribution in [3.63, 3.8) is 0 Å². The molecule has 0 spiro atoms. The molecule has 1 aliphatic heterocycles. The molecule has 0 aromatic heterocycles. The first kappa shape index (κ1) is 9.96. The summed E-state index contributed by atoms with van der Waals surface area (Å²) in [5.41, 5.74) is 0.586. The fourth-order valence-electron chi connectivity index (χ4n) is 1.83. The van der Waals surface area contributed by atoms with Gasteiger partial charge < -0.3 is 10.2 Å². The topological polar surface area (TPSA) is 50.7 Å². The van der Waals surface area contributed by atoms with Gasteiger partial charge in [-0.25, -0.2) is 0 Å². The van der Waals surface area contributed by atoms with Crippen LogP contribution in [0.15, 0.2) is 29.1 Å². The summed E-state index contributed by atoms with van der Waals surface area (Å²) in [4.78, 5) is 16.5. The molecule has 2 aliphatic rings. The van der Waals surface area contributed by atoms with Crippen molar-refractivity contribution in [1.29, 1.82) is 0 Å². The number of nitrogens with zero attached hydrogens (tertiary/aromatic N) is 1. The number of hydrogen-bond acceptors (Lipinski definition) is 3. The predicted molar refractivity (Wildman–Crippen MR) is 57.2 cm³/mol. The van der Waals surface area contributed by atoms with Gasteiger partial charge in [-0.3, -0.25) is 4.79 Å². The van der Waals surface area contributed by atoms with Crippen molar-refractivity contribution >= 4 is 12.1 Å². The summed E-state index contributed by atoms with van der Waals surface area (Å²) < 4.78 is 0. The largest absolute Gasteiger partial charge is 0.365 e. The van der Waals surface area contributed by atoms with E-state index in [1.165, 1.54) is 25.3 Å². The molecule has 1 saturated carbocycles. The van der Waals surface area contributed by atoms with Crippen LogP contribution in [0.25, 0.3) is 0 Å². The third-order valence-corrected chi connectivity index (χ3v) is 2.64. The maximum Gasteiger partial charge on any atom is 0.251 e. The Morgan fingerprint density at radius 3 is 3.07 bits per heavy atom. The molecule has 0 unspecified atom stereocenters. The molecule has 0 aromatic carbocycles. The number of oxime groups is 1. The Morgan fingerprint density at radius 1 is 1.47 bits per heavy atom. The number of allylic oxidation sites excluding steroid dienone is 1. The number of amides is 1. The Morgan fingerprint density at radius 2 is 2.27 bits per heavy atom. The van der Waals surface area contributed by atoms with Gasteiger partial charge in [0.1, 0.15) is 6.26 Å². The third kappa shape index (κ3) is 2.68. The number of nitrogens with one attached hydrogen (secondary N) is 1. The van der Waals surface area contributed by atoms with Crippen LogP contribution in [0.1, 0.15) is 25.7 Å². The minimum absolute atomic E-state index is 0.0462. The minimum Gasteiger partial charge on any atom is -0.365 e. The molecule has 1 aliphatic carbocycles.